The molecule has 11 heteroatoms. The summed E-state index contributed by atoms with van der Waals surface area (Å²) in [5.74, 6) is -6.62. The molecule has 3 aromatic rings. The first-order valence-electron chi connectivity index (χ1n) is 15.1. The Hall–Kier alpha value is -5.16. The number of phenols is 1. The molecule has 2 saturated heterocycles. The van der Waals surface area contributed by atoms with Gasteiger partial charge in [0.05, 0.1) is 43.1 Å². The Kier molecular flexibility index (Phi) is 6.89. The largest absolute Gasteiger partial charge is 0.507 e. The quantitative estimate of drug-likeness (QED) is 0.210. The average molecular weight is 624 g/mol. The number of methoxy groups -OCH3 is 2. The third-order valence-electron chi connectivity index (χ3n) is 10.2. The zero-order chi connectivity index (χ0) is 32.5. The molecule has 3 fully saturated rings. The lowest BCUT2D eigenvalue weighted by Crippen LogP contribution is -2.53. The summed E-state index contributed by atoms with van der Waals surface area (Å²) in [6, 6.07) is 19.3. The number of hydrogen-bond acceptors (Lipinski definition) is 9. The topological polar surface area (TPSA) is 146 Å². The Morgan fingerprint density at radius 3 is 2.28 bits per heavy atom. The molecular formula is C35H33N3O8. The first-order valence-corrected chi connectivity index (χ1v) is 15.1. The van der Waals surface area contributed by atoms with E-state index in [1.165, 1.54) is 20.3 Å². The van der Waals surface area contributed by atoms with E-state index in [1.807, 2.05) is 31.2 Å². The predicted molar refractivity (Wildman–Crippen MR) is 164 cm³/mol. The van der Waals surface area contributed by atoms with Crippen molar-refractivity contribution in [2.75, 3.05) is 19.6 Å². The molecular weight excluding hydrogens is 590 g/mol. The number of nitrogens with one attached hydrogen (secondary N) is 1. The van der Waals surface area contributed by atoms with Crippen molar-refractivity contribution in [3.63, 3.8) is 0 Å². The number of allylic oxidation sites excluding steroid dienone is 2. The van der Waals surface area contributed by atoms with Crippen molar-refractivity contribution in [1.82, 2.24) is 10.1 Å². The zero-order valence-corrected chi connectivity index (χ0v) is 25.5. The summed E-state index contributed by atoms with van der Waals surface area (Å²) in [6.45, 7) is 1.93. The van der Waals surface area contributed by atoms with Crippen LogP contribution in [-0.4, -0.2) is 58.2 Å². The van der Waals surface area contributed by atoms with Gasteiger partial charge in [-0.15, -0.1) is 0 Å². The second-order valence-electron chi connectivity index (χ2n) is 12.3. The van der Waals surface area contributed by atoms with E-state index < -0.39 is 58.6 Å². The van der Waals surface area contributed by atoms with Crippen molar-refractivity contribution >= 4 is 29.3 Å². The number of aromatic hydroxyl groups is 1. The van der Waals surface area contributed by atoms with Crippen LogP contribution in [0.15, 0.2) is 78.4 Å². The fourth-order valence-corrected chi connectivity index (χ4v) is 8.21. The number of carbonyl (C=O) groups is 4. The number of nitrogens with zero attached hydrogens (tertiary/aromatic N) is 2. The summed E-state index contributed by atoms with van der Waals surface area (Å²) in [4.78, 5) is 56.0. The van der Waals surface area contributed by atoms with Gasteiger partial charge in [0.15, 0.2) is 0 Å². The Labute approximate surface area is 264 Å². The standard InChI is InChI=1S/C35H33N3O8/c1-18-9-11-20(12-10-18)36-37-32(41)25-17-24-22(13-14-23-28(24)33(42)38(44)31(23)40)30(29-26(39)15-21(45-2)16-27(29)46-3)35(25,34(37)43)19-7-5-4-6-8-19/h4-13,15-16,23-25,28,30,36,39,44H,14,17H2,1-3H3/t23-,24+,25-,28-,30+,35+/m0/s1. The number of aryl methyl sites for hydroxylation is 1. The number of phenolic OH excluding ortho intramolecular Hbond substituents is 1. The van der Waals surface area contributed by atoms with Crippen LogP contribution >= 0.6 is 0 Å². The van der Waals surface area contributed by atoms with E-state index in [2.05, 4.69) is 5.43 Å². The van der Waals surface area contributed by atoms with Crippen LogP contribution in [0.5, 0.6) is 17.2 Å². The van der Waals surface area contributed by atoms with Crippen LogP contribution in [0, 0.1) is 30.6 Å². The van der Waals surface area contributed by atoms with E-state index in [1.54, 1.807) is 42.5 Å². The SMILES string of the molecule is COc1cc(O)c([C@H]2C3=CC[C@@H]4C(=O)N(O)C(=O)[C@@H]4[C@@H]3C[C@H]3C(=O)N(Nc4ccc(C)cc4)C(=O)[C@@]23c2ccccc2)c(OC)c1. The molecule has 2 aliphatic carbocycles. The van der Waals surface area contributed by atoms with Gasteiger partial charge in [-0.05, 0) is 43.4 Å². The summed E-state index contributed by atoms with van der Waals surface area (Å²) in [5, 5.41) is 23.3. The van der Waals surface area contributed by atoms with Gasteiger partial charge >= 0.3 is 0 Å². The van der Waals surface area contributed by atoms with Crippen molar-refractivity contribution in [2.45, 2.75) is 31.1 Å². The molecule has 6 atom stereocenters. The van der Waals surface area contributed by atoms with Crippen LogP contribution in [0.4, 0.5) is 5.69 Å². The molecule has 11 nitrogen and oxygen atoms in total. The van der Waals surface area contributed by atoms with Crippen molar-refractivity contribution < 1.29 is 39.0 Å². The van der Waals surface area contributed by atoms with Crippen LogP contribution in [0.2, 0.25) is 0 Å². The van der Waals surface area contributed by atoms with E-state index in [9.17, 15) is 24.7 Å². The maximum absolute atomic E-state index is 15.1. The van der Waals surface area contributed by atoms with Crippen LogP contribution < -0.4 is 14.9 Å². The number of hydrazine groups is 1. The zero-order valence-electron chi connectivity index (χ0n) is 25.5. The molecule has 0 spiro atoms. The minimum absolute atomic E-state index is 0.0567. The number of amides is 4. The van der Waals surface area contributed by atoms with E-state index in [0.717, 1.165) is 10.6 Å². The maximum Gasteiger partial charge on any atom is 0.260 e. The fraction of sp³-hybridized carbons (Fsp3) is 0.314. The summed E-state index contributed by atoms with van der Waals surface area (Å²) in [7, 11) is 2.89. The van der Waals surface area contributed by atoms with Crippen molar-refractivity contribution in [2.24, 2.45) is 23.7 Å². The summed E-state index contributed by atoms with van der Waals surface area (Å²) in [5.41, 5.74) is 4.40. The van der Waals surface area contributed by atoms with Gasteiger partial charge in [-0.2, -0.15) is 10.1 Å². The Morgan fingerprint density at radius 2 is 1.61 bits per heavy atom. The normalized spacial score (nSPS) is 28.4. The molecule has 4 aliphatic rings. The van der Waals surface area contributed by atoms with Gasteiger partial charge < -0.3 is 14.6 Å². The van der Waals surface area contributed by atoms with Gasteiger partial charge in [-0.1, -0.05) is 59.7 Å². The smallest absolute Gasteiger partial charge is 0.260 e. The minimum atomic E-state index is -1.59. The first kappa shape index (κ1) is 29.5. The molecule has 1 saturated carbocycles. The van der Waals surface area contributed by atoms with Crippen molar-refractivity contribution in [1.29, 1.82) is 0 Å². The number of benzene rings is 3. The summed E-state index contributed by atoms with van der Waals surface area (Å²) < 4.78 is 11.2. The van der Waals surface area contributed by atoms with Crippen LogP contribution in [-0.2, 0) is 24.6 Å². The van der Waals surface area contributed by atoms with Crippen LogP contribution in [0.25, 0.3) is 0 Å². The van der Waals surface area contributed by atoms with Crippen LogP contribution in [0.1, 0.15) is 35.4 Å². The molecule has 3 aromatic carbocycles. The molecule has 2 aliphatic heterocycles. The fourth-order valence-electron chi connectivity index (χ4n) is 8.21. The monoisotopic (exact) mass is 623 g/mol. The Morgan fingerprint density at radius 1 is 0.891 bits per heavy atom. The van der Waals surface area contributed by atoms with E-state index in [0.29, 0.717) is 22.6 Å². The van der Waals surface area contributed by atoms with Gasteiger partial charge in [-0.25, -0.2) is 0 Å². The van der Waals surface area contributed by atoms with Gasteiger partial charge in [0.1, 0.15) is 17.2 Å². The lowest BCUT2D eigenvalue weighted by Gasteiger charge is -2.50. The summed E-state index contributed by atoms with van der Waals surface area (Å²) in [6.07, 6.45) is 2.02. The molecule has 3 N–H and O–H groups in total. The minimum Gasteiger partial charge on any atom is -0.507 e. The molecule has 7 rings (SSSR count). The highest BCUT2D eigenvalue weighted by molar-refractivity contribution is 6.13. The van der Waals surface area contributed by atoms with Crippen LogP contribution in [0.3, 0.4) is 0 Å². The number of ether oxygens (including phenoxy) is 2. The number of carbonyl (C=O) groups excluding carboxylic acids is 4. The van der Waals surface area contributed by atoms with E-state index >= 15 is 4.79 Å². The van der Waals surface area contributed by atoms with Crippen molar-refractivity contribution in [3.05, 3.63) is 95.1 Å². The van der Waals surface area contributed by atoms with E-state index in [4.69, 9.17) is 9.47 Å². The molecule has 2 heterocycles. The molecule has 0 aromatic heterocycles. The van der Waals surface area contributed by atoms with Gasteiger partial charge in [0.25, 0.3) is 23.6 Å². The Bertz CT molecular complexity index is 1810. The number of imide groups is 2. The molecule has 0 unspecified atom stereocenters. The Balaban J connectivity index is 1.51. The number of anilines is 1. The third kappa shape index (κ3) is 4.00. The highest BCUT2D eigenvalue weighted by Crippen LogP contribution is 2.66. The lowest BCUT2D eigenvalue weighted by molar-refractivity contribution is -0.173. The molecule has 46 heavy (non-hydrogen) atoms. The molecule has 0 bridgehead atoms. The highest BCUT2D eigenvalue weighted by atomic mass is 16.5. The average Bonchev–Trinajstić information content (AvgIpc) is 3.42. The highest BCUT2D eigenvalue weighted by Gasteiger charge is 2.71. The van der Waals surface area contributed by atoms with Crippen molar-refractivity contribution in [3.8, 4) is 17.2 Å². The van der Waals surface area contributed by atoms with E-state index in [-0.39, 0.29) is 35.0 Å². The molecule has 4 amide bonds. The van der Waals surface area contributed by atoms with Gasteiger partial charge in [-0.3, -0.25) is 29.8 Å². The van der Waals surface area contributed by atoms with Gasteiger partial charge in [0, 0.05) is 23.6 Å². The molecule has 236 valence electrons. The lowest BCUT2D eigenvalue weighted by atomic mass is 9.49. The maximum atomic E-state index is 15.1. The number of rotatable bonds is 6. The number of hydroxylamine groups is 2. The second-order valence-corrected chi connectivity index (χ2v) is 12.3. The summed E-state index contributed by atoms with van der Waals surface area (Å²) >= 11 is 0. The molecule has 0 radical (unpaired) electrons. The second kappa shape index (κ2) is 10.7. The predicted octanol–water partition coefficient (Wildman–Crippen LogP) is 4.09. The number of hydrogen-bond donors (Lipinski definition) is 3. The van der Waals surface area contributed by atoms with Gasteiger partial charge in [0.2, 0.25) is 0 Å². The third-order valence-corrected chi connectivity index (χ3v) is 10.2. The first-order chi connectivity index (χ1) is 22.1. The number of fused-ring (bicyclic) bond motifs is 4.